The molecule has 1 aromatic carbocycles. The van der Waals surface area contributed by atoms with Crippen molar-refractivity contribution in [2.45, 2.75) is 33.2 Å². The molecule has 112 valence electrons. The molecule has 2 unspecified atom stereocenters. The minimum atomic E-state index is 0.231. The number of aromatic nitrogens is 2. The second kappa shape index (κ2) is 6.02. The highest BCUT2D eigenvalue weighted by atomic mass is 32.1. The summed E-state index contributed by atoms with van der Waals surface area (Å²) in [4.78, 5) is 0. The van der Waals surface area contributed by atoms with Gasteiger partial charge in [-0.25, -0.2) is 0 Å². The van der Waals surface area contributed by atoms with E-state index in [2.05, 4.69) is 48.4 Å². The molecule has 5 heteroatoms. The van der Waals surface area contributed by atoms with Crippen molar-refractivity contribution < 1.29 is 4.74 Å². The quantitative estimate of drug-likeness (QED) is 0.930. The van der Waals surface area contributed by atoms with Crippen molar-refractivity contribution in [2.75, 3.05) is 11.9 Å². The smallest absolute Gasteiger partial charge is 0.206 e. The van der Waals surface area contributed by atoms with Gasteiger partial charge in [0, 0.05) is 17.9 Å². The molecule has 2 heterocycles. The van der Waals surface area contributed by atoms with Crippen LogP contribution in [0.2, 0.25) is 0 Å². The van der Waals surface area contributed by atoms with E-state index in [0.29, 0.717) is 11.8 Å². The van der Waals surface area contributed by atoms with Gasteiger partial charge in [0.05, 0.1) is 12.6 Å². The standard InChI is InChI=1S/C16H21N3OS/c1-10(2)8-14-18-19-16(21-14)17-15-11(3)9-20-13-7-5-4-6-12(13)15/h4-7,10-11,15H,8-9H2,1-3H3,(H,17,19). The molecule has 3 rings (SSSR count). The van der Waals surface area contributed by atoms with Gasteiger partial charge in [-0.15, -0.1) is 10.2 Å². The number of fused-ring (bicyclic) bond motifs is 1. The maximum atomic E-state index is 5.79. The van der Waals surface area contributed by atoms with Gasteiger partial charge >= 0.3 is 0 Å². The van der Waals surface area contributed by atoms with Crippen LogP contribution in [0, 0.1) is 11.8 Å². The van der Waals surface area contributed by atoms with Crippen LogP contribution >= 0.6 is 11.3 Å². The maximum absolute atomic E-state index is 5.79. The normalized spacial score (nSPS) is 21.0. The third-order valence-corrected chi connectivity index (χ3v) is 4.53. The summed E-state index contributed by atoms with van der Waals surface area (Å²) in [5, 5.41) is 14.1. The Hall–Kier alpha value is -1.62. The molecule has 2 aromatic rings. The number of hydrogen-bond donors (Lipinski definition) is 1. The van der Waals surface area contributed by atoms with Crippen LogP contribution in [0.4, 0.5) is 5.13 Å². The van der Waals surface area contributed by atoms with Crippen molar-refractivity contribution in [2.24, 2.45) is 11.8 Å². The van der Waals surface area contributed by atoms with E-state index in [1.165, 1.54) is 5.56 Å². The monoisotopic (exact) mass is 303 g/mol. The zero-order valence-electron chi connectivity index (χ0n) is 12.7. The Morgan fingerprint density at radius 2 is 2.14 bits per heavy atom. The molecule has 2 atom stereocenters. The SMILES string of the molecule is CC(C)Cc1nnc(NC2c3ccccc3OCC2C)s1. The number of nitrogens with one attached hydrogen (secondary N) is 1. The van der Waals surface area contributed by atoms with Crippen LogP contribution in [0.1, 0.15) is 37.4 Å². The fourth-order valence-corrected chi connectivity index (χ4v) is 3.58. The third-order valence-electron chi connectivity index (χ3n) is 3.65. The highest BCUT2D eigenvalue weighted by Gasteiger charge is 2.28. The number of benzene rings is 1. The number of hydrogen-bond acceptors (Lipinski definition) is 5. The minimum absolute atomic E-state index is 0.231. The summed E-state index contributed by atoms with van der Waals surface area (Å²) < 4.78 is 5.79. The number of para-hydroxylation sites is 1. The van der Waals surface area contributed by atoms with Crippen LogP contribution in [0.5, 0.6) is 5.75 Å². The Labute approximate surface area is 129 Å². The molecular weight excluding hydrogens is 282 g/mol. The first-order valence-corrected chi connectivity index (χ1v) is 8.25. The van der Waals surface area contributed by atoms with Crippen LogP contribution in [-0.4, -0.2) is 16.8 Å². The molecule has 0 spiro atoms. The topological polar surface area (TPSA) is 47.0 Å². The first-order chi connectivity index (χ1) is 10.1. The molecule has 1 aromatic heterocycles. The summed E-state index contributed by atoms with van der Waals surface area (Å²) in [7, 11) is 0. The van der Waals surface area contributed by atoms with Gasteiger partial charge in [0.2, 0.25) is 5.13 Å². The Balaban J connectivity index is 1.79. The highest BCUT2D eigenvalue weighted by Crippen LogP contribution is 2.37. The van der Waals surface area contributed by atoms with E-state index in [1.807, 2.05) is 12.1 Å². The van der Waals surface area contributed by atoms with Crippen molar-refractivity contribution in [3.05, 3.63) is 34.8 Å². The molecule has 1 aliphatic rings. The van der Waals surface area contributed by atoms with E-state index in [0.717, 1.165) is 28.9 Å². The van der Waals surface area contributed by atoms with Gasteiger partial charge in [-0.3, -0.25) is 0 Å². The van der Waals surface area contributed by atoms with Gasteiger partial charge in [-0.2, -0.15) is 0 Å². The molecule has 0 aliphatic carbocycles. The van der Waals surface area contributed by atoms with Crippen molar-refractivity contribution in [3.8, 4) is 5.75 Å². The van der Waals surface area contributed by atoms with E-state index in [9.17, 15) is 0 Å². The Morgan fingerprint density at radius 3 is 2.95 bits per heavy atom. The predicted octanol–water partition coefficient (Wildman–Crippen LogP) is 3.92. The van der Waals surface area contributed by atoms with Gasteiger partial charge in [0.25, 0.3) is 0 Å². The summed E-state index contributed by atoms with van der Waals surface area (Å²) in [6.07, 6.45) is 0.985. The van der Waals surface area contributed by atoms with E-state index in [1.54, 1.807) is 11.3 Å². The van der Waals surface area contributed by atoms with Gasteiger partial charge in [0.1, 0.15) is 10.8 Å². The highest BCUT2D eigenvalue weighted by molar-refractivity contribution is 7.15. The van der Waals surface area contributed by atoms with Crippen molar-refractivity contribution in [3.63, 3.8) is 0 Å². The fraction of sp³-hybridized carbons (Fsp3) is 0.500. The molecular formula is C16H21N3OS. The summed E-state index contributed by atoms with van der Waals surface area (Å²) in [5.74, 6) is 1.98. The molecule has 0 saturated heterocycles. The van der Waals surface area contributed by atoms with Gasteiger partial charge in [-0.1, -0.05) is 50.3 Å². The zero-order chi connectivity index (χ0) is 14.8. The Morgan fingerprint density at radius 1 is 1.33 bits per heavy atom. The summed E-state index contributed by atoms with van der Waals surface area (Å²) >= 11 is 1.66. The lowest BCUT2D eigenvalue weighted by Crippen LogP contribution is -2.28. The summed E-state index contributed by atoms with van der Waals surface area (Å²) in [6, 6.07) is 8.45. The fourth-order valence-electron chi connectivity index (χ4n) is 2.59. The average molecular weight is 303 g/mol. The third kappa shape index (κ3) is 3.18. The molecule has 1 aliphatic heterocycles. The average Bonchev–Trinajstić information content (AvgIpc) is 2.88. The zero-order valence-corrected chi connectivity index (χ0v) is 13.5. The lowest BCUT2D eigenvalue weighted by Gasteiger charge is -2.31. The predicted molar refractivity (Wildman–Crippen MR) is 85.9 cm³/mol. The number of ether oxygens (including phenoxy) is 1. The molecule has 21 heavy (non-hydrogen) atoms. The summed E-state index contributed by atoms with van der Waals surface area (Å²) in [5.41, 5.74) is 1.21. The Kier molecular flexibility index (Phi) is 4.10. The van der Waals surface area contributed by atoms with E-state index >= 15 is 0 Å². The van der Waals surface area contributed by atoms with Crippen LogP contribution in [-0.2, 0) is 6.42 Å². The first kappa shape index (κ1) is 14.3. The molecule has 0 amide bonds. The second-order valence-corrected chi connectivity index (χ2v) is 7.11. The van der Waals surface area contributed by atoms with Gasteiger partial charge in [0.15, 0.2) is 0 Å². The number of nitrogens with zero attached hydrogens (tertiary/aromatic N) is 2. The van der Waals surface area contributed by atoms with Gasteiger partial charge < -0.3 is 10.1 Å². The summed E-state index contributed by atoms with van der Waals surface area (Å²) in [6.45, 7) is 7.33. The minimum Gasteiger partial charge on any atom is -0.493 e. The van der Waals surface area contributed by atoms with E-state index in [4.69, 9.17) is 4.74 Å². The van der Waals surface area contributed by atoms with Crippen LogP contribution in [0.25, 0.3) is 0 Å². The lowest BCUT2D eigenvalue weighted by molar-refractivity contribution is 0.214. The Bertz CT molecular complexity index is 611. The van der Waals surface area contributed by atoms with E-state index in [-0.39, 0.29) is 6.04 Å². The second-order valence-electron chi connectivity index (χ2n) is 6.05. The van der Waals surface area contributed by atoms with Gasteiger partial charge in [-0.05, 0) is 12.0 Å². The molecule has 0 radical (unpaired) electrons. The van der Waals surface area contributed by atoms with Crippen LogP contribution in [0.3, 0.4) is 0 Å². The number of anilines is 1. The largest absolute Gasteiger partial charge is 0.493 e. The maximum Gasteiger partial charge on any atom is 0.206 e. The molecule has 4 nitrogen and oxygen atoms in total. The molecule has 0 bridgehead atoms. The molecule has 0 fully saturated rings. The number of rotatable bonds is 4. The van der Waals surface area contributed by atoms with Crippen LogP contribution in [0.15, 0.2) is 24.3 Å². The van der Waals surface area contributed by atoms with Crippen molar-refractivity contribution in [1.82, 2.24) is 10.2 Å². The lowest BCUT2D eigenvalue weighted by atomic mass is 9.92. The first-order valence-electron chi connectivity index (χ1n) is 7.44. The van der Waals surface area contributed by atoms with Crippen LogP contribution < -0.4 is 10.1 Å². The van der Waals surface area contributed by atoms with Crippen molar-refractivity contribution >= 4 is 16.5 Å². The van der Waals surface area contributed by atoms with E-state index < -0.39 is 0 Å². The van der Waals surface area contributed by atoms with Crippen molar-refractivity contribution in [1.29, 1.82) is 0 Å². The molecule has 0 saturated carbocycles. The molecule has 1 N–H and O–H groups in total.